The zero-order valence-corrected chi connectivity index (χ0v) is 9.80. The smallest absolute Gasteiger partial charge is 0.153 e. The average molecular weight is 271 g/mol. The summed E-state index contributed by atoms with van der Waals surface area (Å²) < 4.78 is 2.68. The van der Waals surface area contributed by atoms with Crippen molar-refractivity contribution in [2.24, 2.45) is 7.05 Å². The van der Waals surface area contributed by atoms with Crippen molar-refractivity contribution in [3.05, 3.63) is 27.7 Å². The first-order valence-corrected chi connectivity index (χ1v) is 5.56. The van der Waals surface area contributed by atoms with Crippen LogP contribution in [0.2, 0.25) is 0 Å². The van der Waals surface area contributed by atoms with Crippen LogP contribution < -0.4 is 0 Å². The van der Waals surface area contributed by atoms with E-state index < -0.39 is 0 Å². The summed E-state index contributed by atoms with van der Waals surface area (Å²) in [7, 11) is 1.80. The molecule has 0 unspecified atom stereocenters. The summed E-state index contributed by atoms with van der Waals surface area (Å²) in [4.78, 5) is 11.8. The monoisotopic (exact) mass is 270 g/mol. The minimum atomic E-state index is 0.627. The molecule has 0 aromatic carbocycles. The van der Waals surface area contributed by atoms with E-state index >= 15 is 0 Å². The highest BCUT2D eigenvalue weighted by atomic mass is 79.9. The highest BCUT2D eigenvalue weighted by Crippen LogP contribution is 2.31. The van der Waals surface area contributed by atoms with Gasteiger partial charge in [0.05, 0.1) is 14.2 Å². The van der Waals surface area contributed by atoms with Gasteiger partial charge in [-0.1, -0.05) is 0 Å². The van der Waals surface area contributed by atoms with Crippen LogP contribution in [0, 0.1) is 0 Å². The second-order valence-electron chi connectivity index (χ2n) is 2.83. The van der Waals surface area contributed by atoms with E-state index in [9.17, 15) is 4.79 Å². The van der Waals surface area contributed by atoms with Crippen molar-refractivity contribution in [1.29, 1.82) is 0 Å². The molecule has 2 aromatic rings. The molecule has 72 valence electrons. The number of carbonyl (C=O) groups is 1. The van der Waals surface area contributed by atoms with Crippen molar-refractivity contribution >= 4 is 33.6 Å². The molecule has 0 aliphatic heterocycles. The molecule has 0 bridgehead atoms. The second kappa shape index (κ2) is 3.67. The summed E-state index contributed by atoms with van der Waals surface area (Å²) >= 11 is 4.94. The van der Waals surface area contributed by atoms with Crippen LogP contribution in [0.15, 0.2) is 22.1 Å². The maximum Gasteiger partial charge on any atom is 0.153 e. The highest BCUT2D eigenvalue weighted by Gasteiger charge is 2.10. The van der Waals surface area contributed by atoms with Gasteiger partial charge in [-0.15, -0.1) is 11.3 Å². The van der Waals surface area contributed by atoms with Crippen LogP contribution in [0.5, 0.6) is 0 Å². The first kappa shape index (κ1) is 9.61. The predicted molar refractivity (Wildman–Crippen MR) is 59.6 cm³/mol. The van der Waals surface area contributed by atoms with E-state index in [1.807, 2.05) is 12.1 Å². The Hall–Kier alpha value is -0.940. The van der Waals surface area contributed by atoms with E-state index in [0.29, 0.717) is 5.56 Å². The zero-order valence-electron chi connectivity index (χ0n) is 7.40. The molecular weight excluding hydrogens is 264 g/mol. The van der Waals surface area contributed by atoms with E-state index in [4.69, 9.17) is 0 Å². The van der Waals surface area contributed by atoms with Gasteiger partial charge >= 0.3 is 0 Å². The molecule has 0 fully saturated rings. The fourth-order valence-corrected chi connectivity index (χ4v) is 2.62. The van der Waals surface area contributed by atoms with Gasteiger partial charge in [-0.05, 0) is 28.1 Å². The first-order chi connectivity index (χ1) is 6.70. The van der Waals surface area contributed by atoms with Crippen molar-refractivity contribution in [1.82, 2.24) is 9.78 Å². The Bertz CT molecular complexity index is 475. The van der Waals surface area contributed by atoms with Crippen molar-refractivity contribution in [2.75, 3.05) is 0 Å². The van der Waals surface area contributed by atoms with Gasteiger partial charge in [-0.3, -0.25) is 9.48 Å². The molecule has 0 saturated carbocycles. The molecule has 3 nitrogen and oxygen atoms in total. The number of hydrogen-bond acceptors (Lipinski definition) is 3. The van der Waals surface area contributed by atoms with Crippen molar-refractivity contribution in [3.63, 3.8) is 0 Å². The van der Waals surface area contributed by atoms with Crippen LogP contribution in [0.25, 0.3) is 10.6 Å². The lowest BCUT2D eigenvalue weighted by atomic mass is 10.2. The Morgan fingerprint density at radius 2 is 2.36 bits per heavy atom. The van der Waals surface area contributed by atoms with Gasteiger partial charge in [0.1, 0.15) is 5.69 Å². The zero-order chi connectivity index (χ0) is 10.1. The molecule has 0 radical (unpaired) electrons. The van der Waals surface area contributed by atoms with Crippen LogP contribution in [0.4, 0.5) is 0 Å². The number of aldehydes is 1. The quantitative estimate of drug-likeness (QED) is 0.787. The Balaban J connectivity index is 2.55. The molecule has 5 heteroatoms. The Morgan fingerprint density at radius 1 is 1.57 bits per heavy atom. The Kier molecular flexibility index (Phi) is 2.52. The van der Waals surface area contributed by atoms with E-state index in [-0.39, 0.29) is 0 Å². The molecule has 0 aliphatic rings. The lowest BCUT2D eigenvalue weighted by Crippen LogP contribution is -1.86. The van der Waals surface area contributed by atoms with Gasteiger partial charge in [0.2, 0.25) is 0 Å². The number of thiophene rings is 1. The van der Waals surface area contributed by atoms with Crippen molar-refractivity contribution in [2.45, 2.75) is 0 Å². The van der Waals surface area contributed by atoms with Gasteiger partial charge in [0.15, 0.2) is 6.29 Å². The molecule has 0 N–H and O–H groups in total. The van der Waals surface area contributed by atoms with E-state index in [1.165, 1.54) is 0 Å². The fraction of sp³-hybridized carbons (Fsp3) is 0.111. The van der Waals surface area contributed by atoms with Gasteiger partial charge < -0.3 is 0 Å². The molecule has 2 rings (SSSR count). The van der Waals surface area contributed by atoms with E-state index in [2.05, 4.69) is 21.0 Å². The Labute approximate surface area is 93.5 Å². The predicted octanol–water partition coefficient (Wildman–Crippen LogP) is 2.72. The topological polar surface area (TPSA) is 34.9 Å². The molecule has 0 saturated heterocycles. The van der Waals surface area contributed by atoms with E-state index in [0.717, 1.165) is 20.6 Å². The third-order valence-electron chi connectivity index (χ3n) is 1.79. The summed E-state index contributed by atoms with van der Waals surface area (Å²) in [6, 6.07) is 3.90. The molecule has 0 spiro atoms. The normalized spacial score (nSPS) is 10.4. The summed E-state index contributed by atoms with van der Waals surface area (Å²) in [5.41, 5.74) is 1.38. The standard InChI is InChI=1S/C9H7BrN2OS/c1-12-4-6(5-13)9(11-12)7-2-3-8(10)14-7/h2-5H,1H3. The minimum absolute atomic E-state index is 0.627. The SMILES string of the molecule is Cn1cc(C=O)c(-c2ccc(Br)s2)n1. The summed E-state index contributed by atoms with van der Waals surface area (Å²) in [6.45, 7) is 0. The number of halogens is 1. The first-order valence-electron chi connectivity index (χ1n) is 3.95. The van der Waals surface area contributed by atoms with Gasteiger partial charge in [-0.2, -0.15) is 5.10 Å². The molecule has 14 heavy (non-hydrogen) atoms. The number of hydrogen-bond donors (Lipinski definition) is 0. The maximum absolute atomic E-state index is 10.8. The van der Waals surface area contributed by atoms with Crippen LogP contribution >= 0.6 is 27.3 Å². The lowest BCUT2D eigenvalue weighted by Gasteiger charge is -1.90. The maximum atomic E-state index is 10.8. The van der Waals surface area contributed by atoms with Crippen LogP contribution in [0.1, 0.15) is 10.4 Å². The van der Waals surface area contributed by atoms with Gasteiger partial charge in [0.25, 0.3) is 0 Å². The number of aryl methyl sites for hydroxylation is 1. The number of carbonyl (C=O) groups excluding carboxylic acids is 1. The third kappa shape index (κ3) is 1.65. The number of rotatable bonds is 2. The minimum Gasteiger partial charge on any atom is -0.298 e. The van der Waals surface area contributed by atoms with E-state index in [1.54, 1.807) is 29.3 Å². The highest BCUT2D eigenvalue weighted by molar-refractivity contribution is 9.11. The molecule has 2 aromatic heterocycles. The van der Waals surface area contributed by atoms with Crippen LogP contribution in [-0.2, 0) is 7.05 Å². The van der Waals surface area contributed by atoms with Crippen molar-refractivity contribution in [3.8, 4) is 10.6 Å². The second-order valence-corrected chi connectivity index (χ2v) is 5.29. The molecule has 0 aliphatic carbocycles. The van der Waals surface area contributed by atoms with Crippen molar-refractivity contribution < 1.29 is 4.79 Å². The summed E-state index contributed by atoms with van der Waals surface area (Å²) in [5.74, 6) is 0. The summed E-state index contributed by atoms with van der Waals surface area (Å²) in [6.07, 6.45) is 2.55. The average Bonchev–Trinajstić information content (AvgIpc) is 2.71. The molecular formula is C9H7BrN2OS. The number of nitrogens with zero attached hydrogens (tertiary/aromatic N) is 2. The summed E-state index contributed by atoms with van der Waals surface area (Å²) in [5, 5.41) is 4.24. The lowest BCUT2D eigenvalue weighted by molar-refractivity contribution is 0.112. The molecule has 0 atom stereocenters. The van der Waals surface area contributed by atoms with Crippen LogP contribution in [0.3, 0.4) is 0 Å². The van der Waals surface area contributed by atoms with Gasteiger partial charge in [-0.25, -0.2) is 0 Å². The third-order valence-corrected chi connectivity index (χ3v) is 3.42. The largest absolute Gasteiger partial charge is 0.298 e. The Morgan fingerprint density at radius 3 is 2.93 bits per heavy atom. The van der Waals surface area contributed by atoms with Crippen LogP contribution in [-0.4, -0.2) is 16.1 Å². The molecule has 0 amide bonds. The molecule has 2 heterocycles. The van der Waals surface area contributed by atoms with Gasteiger partial charge in [0, 0.05) is 13.2 Å². The fourth-order valence-electron chi connectivity index (χ4n) is 1.23. The number of aromatic nitrogens is 2.